The minimum absolute atomic E-state index is 0.0132. The van der Waals surface area contributed by atoms with Gasteiger partial charge in [0.15, 0.2) is 0 Å². The molecule has 0 aliphatic heterocycles. The Balaban J connectivity index is 1.72. The number of hydrogen-bond donors (Lipinski definition) is 0. The van der Waals surface area contributed by atoms with Crippen molar-refractivity contribution in [1.82, 2.24) is 0 Å². The molecule has 1 unspecified atom stereocenters. The summed E-state index contributed by atoms with van der Waals surface area (Å²) < 4.78 is 7.61. The second-order valence-electron chi connectivity index (χ2n) is 15.3. The van der Waals surface area contributed by atoms with E-state index in [1.807, 2.05) is 0 Å². The van der Waals surface area contributed by atoms with Gasteiger partial charge in [0, 0.05) is 0 Å². The number of benzene rings is 4. The number of allylic oxidation sites excluding steroid dienone is 4. The maximum atomic E-state index is 5.42. The predicted octanol–water partition coefficient (Wildman–Crippen LogP) is 12.4. The van der Waals surface area contributed by atoms with Crippen molar-refractivity contribution in [3.8, 4) is 33.4 Å². The summed E-state index contributed by atoms with van der Waals surface area (Å²) in [7, 11) is 0. The van der Waals surface area contributed by atoms with Crippen LogP contribution in [-0.2, 0) is 30.6 Å². The molecule has 0 N–H and O–H groups in total. The fraction of sp³-hybridized carbons (Fsp3) is 0.326. The molecule has 44 heavy (non-hydrogen) atoms. The minimum atomic E-state index is -3.23. The second-order valence-corrected chi connectivity index (χ2v) is 25.6. The van der Waals surface area contributed by atoms with Crippen LogP contribution in [0.1, 0.15) is 87.2 Å². The molecule has 0 saturated heterocycles. The molecule has 1 heteroatoms. The number of unbranched alkanes of at least 4 members (excludes halogenated alkanes) is 1. The van der Waals surface area contributed by atoms with E-state index in [9.17, 15) is 0 Å². The van der Waals surface area contributed by atoms with Gasteiger partial charge in [-0.15, -0.1) is 0 Å². The van der Waals surface area contributed by atoms with Crippen LogP contribution in [0.5, 0.6) is 0 Å². The van der Waals surface area contributed by atoms with E-state index < -0.39 is 19.8 Å². The van der Waals surface area contributed by atoms with Gasteiger partial charge in [-0.1, -0.05) is 0 Å². The van der Waals surface area contributed by atoms with Crippen molar-refractivity contribution in [3.05, 3.63) is 131 Å². The van der Waals surface area contributed by atoms with Gasteiger partial charge in [-0.3, -0.25) is 0 Å². The molecule has 6 rings (SSSR count). The standard InChI is InChI=1S/C33H33.C5H5.C4H9.CH2.Zr/c1-32(2,3)30-20-26-24(18-28(30)22-13-9-7-10-14-22)17-25-19-29(23-15-11-8-12-16-23)31(21-27(25)26)33(4,5)6;1-2-4-5-3-1;1-3-4-2;;/h7-21H,1-6H3;1-5H;1,3-4H2,2H3;1H2;. The van der Waals surface area contributed by atoms with Crippen LogP contribution in [0.3, 0.4) is 0 Å². The summed E-state index contributed by atoms with van der Waals surface area (Å²) >= 11 is -3.23. The van der Waals surface area contributed by atoms with E-state index in [0.29, 0.717) is 7.25 Å². The Labute approximate surface area is 270 Å². The van der Waals surface area contributed by atoms with Crippen LogP contribution in [0.15, 0.2) is 109 Å². The molecule has 0 amide bonds. The average Bonchev–Trinajstić information content (AvgIpc) is 3.66. The van der Waals surface area contributed by atoms with Crippen molar-refractivity contribution in [2.75, 3.05) is 0 Å². The van der Waals surface area contributed by atoms with E-state index in [4.69, 9.17) is 4.21 Å². The van der Waals surface area contributed by atoms with Gasteiger partial charge in [0.05, 0.1) is 0 Å². The Morgan fingerprint density at radius 1 is 0.614 bits per heavy atom. The zero-order chi connectivity index (χ0) is 31.3. The zero-order valence-corrected chi connectivity index (χ0v) is 30.3. The van der Waals surface area contributed by atoms with Gasteiger partial charge in [0.25, 0.3) is 0 Å². The quantitative estimate of drug-likeness (QED) is 0.186. The van der Waals surface area contributed by atoms with Crippen molar-refractivity contribution >= 4 is 4.21 Å². The topological polar surface area (TPSA) is 0 Å². The third-order valence-electron chi connectivity index (χ3n) is 10.1. The Morgan fingerprint density at radius 3 is 1.43 bits per heavy atom. The van der Waals surface area contributed by atoms with Gasteiger partial charge < -0.3 is 0 Å². The Kier molecular flexibility index (Phi) is 8.34. The summed E-state index contributed by atoms with van der Waals surface area (Å²) in [6.45, 7) is 16.6. The van der Waals surface area contributed by atoms with E-state index in [1.165, 1.54) is 72.6 Å². The summed E-state index contributed by atoms with van der Waals surface area (Å²) in [5.74, 6) is 0. The first-order chi connectivity index (χ1) is 20.9. The normalized spacial score (nSPS) is 16.2. The molecule has 225 valence electrons. The summed E-state index contributed by atoms with van der Waals surface area (Å²) in [6.07, 6.45) is 12.0. The molecule has 2 aliphatic carbocycles. The van der Waals surface area contributed by atoms with Crippen LogP contribution in [0.4, 0.5) is 0 Å². The predicted molar refractivity (Wildman–Crippen MR) is 191 cm³/mol. The van der Waals surface area contributed by atoms with Crippen molar-refractivity contribution in [2.24, 2.45) is 0 Å². The fourth-order valence-corrected chi connectivity index (χ4v) is 19.4. The van der Waals surface area contributed by atoms with E-state index in [2.05, 4.69) is 158 Å². The maximum absolute atomic E-state index is 5.42. The van der Waals surface area contributed by atoms with Crippen LogP contribution in [-0.4, -0.2) is 4.21 Å². The average molecular weight is 657 g/mol. The first-order valence-corrected chi connectivity index (χ1v) is 22.9. The first-order valence-electron chi connectivity index (χ1n) is 16.6. The van der Waals surface area contributed by atoms with E-state index in [1.54, 1.807) is 0 Å². The summed E-state index contributed by atoms with van der Waals surface area (Å²) in [5.41, 5.74) is 14.3. The summed E-state index contributed by atoms with van der Waals surface area (Å²) in [6, 6.07) is 32.5. The van der Waals surface area contributed by atoms with Crippen molar-refractivity contribution in [3.63, 3.8) is 0 Å². The van der Waals surface area contributed by atoms with Crippen LogP contribution < -0.4 is 0 Å². The van der Waals surface area contributed by atoms with Crippen molar-refractivity contribution < 1.29 is 19.8 Å². The van der Waals surface area contributed by atoms with Gasteiger partial charge in [-0.05, 0) is 0 Å². The number of hydrogen-bond acceptors (Lipinski definition) is 0. The van der Waals surface area contributed by atoms with Gasteiger partial charge in [0.1, 0.15) is 0 Å². The fourth-order valence-electron chi connectivity index (χ4n) is 7.74. The molecule has 0 spiro atoms. The van der Waals surface area contributed by atoms with Gasteiger partial charge >= 0.3 is 272 Å². The molecular formula is C43H49Zr. The van der Waals surface area contributed by atoms with Crippen molar-refractivity contribution in [1.29, 1.82) is 0 Å². The van der Waals surface area contributed by atoms with Crippen LogP contribution in [0.25, 0.3) is 33.4 Å². The molecule has 2 aliphatic rings. The number of fused-ring (bicyclic) bond motifs is 3. The van der Waals surface area contributed by atoms with E-state index in [0.717, 1.165) is 0 Å². The molecule has 0 fully saturated rings. The molecule has 0 heterocycles. The second kappa shape index (κ2) is 11.8. The van der Waals surface area contributed by atoms with Gasteiger partial charge in [0.2, 0.25) is 0 Å². The van der Waals surface area contributed by atoms with Gasteiger partial charge in [-0.25, -0.2) is 0 Å². The molecule has 0 aromatic heterocycles. The third kappa shape index (κ3) is 5.56. The SMILES string of the molecule is [CH2]=[Zr]([CH2]CCC)([CH]1C=CC=C1)[CH]1c2cc(-c3ccccc3)c(C(C)(C)C)cc2-c2cc(C(C)(C)C)c(-c3ccccc3)cc21. The Hall–Kier alpha value is -2.89. The van der Waals surface area contributed by atoms with E-state index in [-0.39, 0.29) is 10.8 Å². The van der Waals surface area contributed by atoms with E-state index >= 15 is 0 Å². The Bertz CT molecular complexity index is 1650. The number of rotatable bonds is 7. The van der Waals surface area contributed by atoms with Crippen molar-refractivity contribution in [2.45, 2.75) is 83.5 Å². The molecule has 0 bridgehead atoms. The van der Waals surface area contributed by atoms with Gasteiger partial charge in [-0.2, -0.15) is 0 Å². The molecular weight excluding hydrogens is 608 g/mol. The third-order valence-corrected chi connectivity index (χ3v) is 21.8. The van der Waals surface area contributed by atoms with Crippen LogP contribution >= 0.6 is 0 Å². The monoisotopic (exact) mass is 655 g/mol. The zero-order valence-electron chi connectivity index (χ0n) is 27.9. The first kappa shape index (κ1) is 31.1. The molecule has 1 atom stereocenters. The Morgan fingerprint density at radius 2 is 1.05 bits per heavy atom. The molecule has 4 aromatic rings. The van der Waals surface area contributed by atoms with Crippen LogP contribution in [0.2, 0.25) is 7.75 Å². The summed E-state index contributed by atoms with van der Waals surface area (Å²) in [5, 5.41) is 0. The molecule has 0 saturated carbocycles. The van der Waals surface area contributed by atoms with Crippen LogP contribution in [0, 0.1) is 0 Å². The molecule has 4 aromatic carbocycles. The molecule has 0 radical (unpaired) electrons. The summed E-state index contributed by atoms with van der Waals surface area (Å²) in [4.78, 5) is 0. The molecule has 0 nitrogen and oxygen atoms in total.